The van der Waals surface area contributed by atoms with Crippen molar-refractivity contribution in [1.29, 1.82) is 0 Å². The Hall–Kier alpha value is -1.29. The third-order valence-corrected chi connectivity index (χ3v) is 1.98. The first kappa shape index (κ1) is 9.80. The lowest BCUT2D eigenvalue weighted by Gasteiger charge is -2.17. The lowest BCUT2D eigenvalue weighted by molar-refractivity contribution is 0.483. The van der Waals surface area contributed by atoms with Gasteiger partial charge in [-0.25, -0.2) is 4.39 Å². The zero-order chi connectivity index (χ0) is 9.90. The summed E-state index contributed by atoms with van der Waals surface area (Å²) in [6.07, 6.45) is 5.91. The van der Waals surface area contributed by atoms with Gasteiger partial charge in [0, 0.05) is 5.41 Å². The van der Waals surface area contributed by atoms with Crippen LogP contribution in [-0.4, -0.2) is 0 Å². The summed E-state index contributed by atoms with van der Waals surface area (Å²) in [7, 11) is 0. The fourth-order valence-corrected chi connectivity index (χ4v) is 1.17. The van der Waals surface area contributed by atoms with Gasteiger partial charge in [0.15, 0.2) is 0 Å². The molecule has 0 aliphatic rings. The van der Waals surface area contributed by atoms with E-state index in [1.165, 1.54) is 6.07 Å². The van der Waals surface area contributed by atoms with E-state index in [1.54, 1.807) is 12.1 Å². The summed E-state index contributed by atoms with van der Waals surface area (Å²) >= 11 is 0. The van der Waals surface area contributed by atoms with Gasteiger partial charge >= 0.3 is 0 Å². The summed E-state index contributed by atoms with van der Waals surface area (Å²) in [6.45, 7) is 3.86. The first-order valence-corrected chi connectivity index (χ1v) is 4.26. The van der Waals surface area contributed by atoms with E-state index in [0.717, 1.165) is 0 Å². The number of hydrogen-bond acceptors (Lipinski definition) is 0. The average Bonchev–Trinajstić information content (AvgIpc) is 2.09. The molecule has 0 bridgehead atoms. The van der Waals surface area contributed by atoms with Gasteiger partial charge in [0.05, 0.1) is 0 Å². The highest BCUT2D eigenvalue weighted by Gasteiger charge is 2.16. The van der Waals surface area contributed by atoms with Gasteiger partial charge in [-0.05, 0) is 31.9 Å². The van der Waals surface area contributed by atoms with Crippen molar-refractivity contribution in [3.63, 3.8) is 0 Å². The van der Waals surface area contributed by atoms with Crippen molar-refractivity contribution < 1.29 is 4.39 Å². The van der Waals surface area contributed by atoms with Crippen molar-refractivity contribution in [3.05, 3.63) is 35.6 Å². The number of benzene rings is 1. The molecule has 0 nitrogen and oxygen atoms in total. The molecule has 0 radical (unpaired) electrons. The molecule has 0 amide bonds. The summed E-state index contributed by atoms with van der Waals surface area (Å²) in [5, 5.41) is 0. The van der Waals surface area contributed by atoms with E-state index < -0.39 is 0 Å². The van der Waals surface area contributed by atoms with Gasteiger partial charge in [-0.3, -0.25) is 0 Å². The largest absolute Gasteiger partial charge is 0.207 e. The number of rotatable bonds is 2. The zero-order valence-corrected chi connectivity index (χ0v) is 7.97. The standard InChI is InChI=1S/C12H13F/c1-4-12(2,3)9-10-7-5-6-8-11(10)13/h1,5-8H,9H2,2-3H3. The van der Waals surface area contributed by atoms with Gasteiger partial charge in [0.25, 0.3) is 0 Å². The van der Waals surface area contributed by atoms with Gasteiger partial charge < -0.3 is 0 Å². The summed E-state index contributed by atoms with van der Waals surface area (Å²) in [4.78, 5) is 0. The fourth-order valence-electron chi connectivity index (χ4n) is 1.17. The van der Waals surface area contributed by atoms with E-state index in [4.69, 9.17) is 6.42 Å². The van der Waals surface area contributed by atoms with Gasteiger partial charge in [-0.2, -0.15) is 0 Å². The Morgan fingerprint density at radius 1 is 1.38 bits per heavy atom. The highest BCUT2D eigenvalue weighted by molar-refractivity contribution is 5.21. The second kappa shape index (κ2) is 3.62. The Bertz CT molecular complexity index is 331. The predicted molar refractivity (Wildman–Crippen MR) is 52.7 cm³/mol. The van der Waals surface area contributed by atoms with Crippen molar-refractivity contribution in [2.75, 3.05) is 0 Å². The monoisotopic (exact) mass is 176 g/mol. The maximum Gasteiger partial charge on any atom is 0.126 e. The van der Waals surface area contributed by atoms with Crippen LogP contribution >= 0.6 is 0 Å². The first-order valence-electron chi connectivity index (χ1n) is 4.26. The summed E-state index contributed by atoms with van der Waals surface area (Å²) in [6, 6.07) is 6.74. The highest BCUT2D eigenvalue weighted by Crippen LogP contribution is 2.21. The maximum absolute atomic E-state index is 13.2. The van der Waals surface area contributed by atoms with E-state index in [9.17, 15) is 4.39 Å². The number of terminal acetylenes is 1. The second-order valence-electron chi connectivity index (χ2n) is 3.80. The molecule has 0 N–H and O–H groups in total. The lowest BCUT2D eigenvalue weighted by atomic mass is 9.87. The highest BCUT2D eigenvalue weighted by atomic mass is 19.1. The molecule has 0 unspecified atom stereocenters. The molecule has 0 heterocycles. The SMILES string of the molecule is C#CC(C)(C)Cc1ccccc1F. The summed E-state index contributed by atoms with van der Waals surface area (Å²) in [5.41, 5.74) is 0.410. The average molecular weight is 176 g/mol. The Kier molecular flexibility index (Phi) is 2.72. The Morgan fingerprint density at radius 3 is 2.54 bits per heavy atom. The molecule has 0 saturated heterocycles. The van der Waals surface area contributed by atoms with Crippen LogP contribution in [0.15, 0.2) is 24.3 Å². The van der Waals surface area contributed by atoms with Crippen molar-refractivity contribution in [2.45, 2.75) is 20.3 Å². The molecule has 1 heteroatoms. The number of hydrogen-bond donors (Lipinski definition) is 0. The number of halogens is 1. The molecule has 0 fully saturated rings. The van der Waals surface area contributed by atoms with Crippen LogP contribution in [0.2, 0.25) is 0 Å². The maximum atomic E-state index is 13.2. The van der Waals surface area contributed by atoms with Crippen LogP contribution in [0.3, 0.4) is 0 Å². The van der Waals surface area contributed by atoms with Crippen molar-refractivity contribution in [3.8, 4) is 12.3 Å². The summed E-state index contributed by atoms with van der Waals surface area (Å²) < 4.78 is 13.2. The van der Waals surface area contributed by atoms with Crippen molar-refractivity contribution in [2.24, 2.45) is 5.41 Å². The molecule has 13 heavy (non-hydrogen) atoms. The summed E-state index contributed by atoms with van der Waals surface area (Å²) in [5.74, 6) is 2.48. The van der Waals surface area contributed by atoms with Crippen LogP contribution in [0.1, 0.15) is 19.4 Å². The minimum atomic E-state index is -0.276. The molecule has 1 rings (SSSR count). The third-order valence-electron chi connectivity index (χ3n) is 1.98. The van der Waals surface area contributed by atoms with Crippen molar-refractivity contribution >= 4 is 0 Å². The molecule has 1 aromatic rings. The van der Waals surface area contributed by atoms with E-state index in [1.807, 2.05) is 19.9 Å². The molecule has 68 valence electrons. The second-order valence-corrected chi connectivity index (χ2v) is 3.80. The topological polar surface area (TPSA) is 0 Å². The molecule has 0 aromatic heterocycles. The Morgan fingerprint density at radius 2 is 2.00 bits per heavy atom. The normalized spacial score (nSPS) is 10.9. The van der Waals surface area contributed by atoms with E-state index >= 15 is 0 Å². The molecular formula is C12H13F. The van der Waals surface area contributed by atoms with Gasteiger partial charge in [-0.1, -0.05) is 18.2 Å². The van der Waals surface area contributed by atoms with E-state index in [2.05, 4.69) is 5.92 Å². The predicted octanol–water partition coefficient (Wildman–Crippen LogP) is 3.03. The van der Waals surface area contributed by atoms with Crippen LogP contribution in [0, 0.1) is 23.6 Å². The van der Waals surface area contributed by atoms with Crippen LogP contribution < -0.4 is 0 Å². The molecule has 1 aromatic carbocycles. The first-order chi connectivity index (χ1) is 6.05. The zero-order valence-electron chi connectivity index (χ0n) is 7.97. The lowest BCUT2D eigenvalue weighted by Crippen LogP contribution is -2.12. The Labute approximate surface area is 78.8 Å². The molecule has 0 saturated carbocycles. The van der Waals surface area contributed by atoms with E-state index in [0.29, 0.717) is 12.0 Å². The Balaban J connectivity index is 2.88. The molecule has 0 aliphatic carbocycles. The van der Waals surface area contributed by atoms with E-state index in [-0.39, 0.29) is 11.2 Å². The third kappa shape index (κ3) is 2.59. The van der Waals surface area contributed by atoms with Gasteiger partial charge in [0.1, 0.15) is 5.82 Å². The van der Waals surface area contributed by atoms with Crippen LogP contribution in [0.4, 0.5) is 4.39 Å². The minimum Gasteiger partial charge on any atom is -0.207 e. The molecule has 0 aliphatic heterocycles. The minimum absolute atomic E-state index is 0.175. The van der Waals surface area contributed by atoms with Gasteiger partial charge in [0.2, 0.25) is 0 Å². The smallest absolute Gasteiger partial charge is 0.126 e. The molecule has 0 spiro atoms. The van der Waals surface area contributed by atoms with Crippen LogP contribution in [0.5, 0.6) is 0 Å². The van der Waals surface area contributed by atoms with Crippen LogP contribution in [-0.2, 0) is 6.42 Å². The molecule has 0 atom stereocenters. The van der Waals surface area contributed by atoms with Crippen molar-refractivity contribution in [1.82, 2.24) is 0 Å². The van der Waals surface area contributed by atoms with Gasteiger partial charge in [-0.15, -0.1) is 12.3 Å². The van der Waals surface area contributed by atoms with Crippen LogP contribution in [0.25, 0.3) is 0 Å². The quantitative estimate of drug-likeness (QED) is 0.607. The molecular weight excluding hydrogens is 163 g/mol. The fraction of sp³-hybridized carbons (Fsp3) is 0.333.